The molecule has 0 radical (unpaired) electrons. The summed E-state index contributed by atoms with van der Waals surface area (Å²) in [6, 6.07) is 8.89. The van der Waals surface area contributed by atoms with Crippen LogP contribution in [0.5, 0.6) is 0 Å². The summed E-state index contributed by atoms with van der Waals surface area (Å²) in [5, 5.41) is 6.48. The van der Waals surface area contributed by atoms with Crippen LogP contribution in [0.3, 0.4) is 0 Å². The van der Waals surface area contributed by atoms with Crippen LogP contribution in [0.1, 0.15) is 18.9 Å². The first-order valence-electron chi connectivity index (χ1n) is 8.01. The van der Waals surface area contributed by atoms with Gasteiger partial charge in [0.2, 0.25) is 17.7 Å². The molecular formula is C18H18N4O3. The lowest BCUT2D eigenvalue weighted by atomic mass is 10.2. The van der Waals surface area contributed by atoms with E-state index in [1.807, 2.05) is 30.3 Å². The lowest BCUT2D eigenvalue weighted by molar-refractivity contribution is -0.135. The normalized spacial score (nSPS) is 17.1. The molecule has 1 N–H and O–H groups in total. The minimum Gasteiger partial charge on any atom is -0.327 e. The molecule has 25 heavy (non-hydrogen) atoms. The van der Waals surface area contributed by atoms with Crippen molar-refractivity contribution in [1.82, 2.24) is 20.0 Å². The largest absolute Gasteiger partial charge is 0.327 e. The third-order valence-electron chi connectivity index (χ3n) is 3.99. The third kappa shape index (κ3) is 3.65. The highest BCUT2D eigenvalue weighted by molar-refractivity contribution is 6.07. The standard InChI is InChI=1S/C18H18N4O3/c1-2-21(15-10-16(23)20-18(15)25)17(24)9-8-13-11-19-22(12-13)14-6-4-3-5-7-14/h3-9,11-12,15H,2,10H2,1H3,(H,20,23,25)/b9-8+. The summed E-state index contributed by atoms with van der Waals surface area (Å²) in [7, 11) is 0. The number of carbonyl (C=O) groups excluding carboxylic acids is 3. The molecule has 1 aromatic carbocycles. The van der Waals surface area contributed by atoms with Crippen molar-refractivity contribution in [2.75, 3.05) is 6.54 Å². The topological polar surface area (TPSA) is 84.3 Å². The van der Waals surface area contributed by atoms with E-state index in [9.17, 15) is 14.4 Å². The highest BCUT2D eigenvalue weighted by Gasteiger charge is 2.36. The van der Waals surface area contributed by atoms with E-state index in [-0.39, 0.29) is 18.2 Å². The van der Waals surface area contributed by atoms with Crippen LogP contribution < -0.4 is 5.32 Å². The summed E-state index contributed by atoms with van der Waals surface area (Å²) in [5.74, 6) is -1.09. The van der Waals surface area contributed by atoms with Crippen LogP contribution in [-0.2, 0) is 14.4 Å². The second kappa shape index (κ2) is 7.12. The Balaban J connectivity index is 1.71. The molecule has 128 valence electrons. The van der Waals surface area contributed by atoms with Gasteiger partial charge in [-0.2, -0.15) is 5.10 Å². The van der Waals surface area contributed by atoms with Gasteiger partial charge in [-0.3, -0.25) is 19.7 Å². The molecule has 2 aromatic rings. The van der Waals surface area contributed by atoms with Gasteiger partial charge in [-0.15, -0.1) is 0 Å². The number of hydrogen-bond donors (Lipinski definition) is 1. The van der Waals surface area contributed by atoms with Crippen molar-refractivity contribution in [2.24, 2.45) is 0 Å². The van der Waals surface area contributed by atoms with Crippen LogP contribution in [0.4, 0.5) is 0 Å². The molecule has 1 aliphatic rings. The fourth-order valence-corrected chi connectivity index (χ4v) is 2.73. The van der Waals surface area contributed by atoms with E-state index >= 15 is 0 Å². The third-order valence-corrected chi connectivity index (χ3v) is 3.99. The molecule has 7 nitrogen and oxygen atoms in total. The zero-order chi connectivity index (χ0) is 17.8. The summed E-state index contributed by atoms with van der Waals surface area (Å²) in [6.07, 6.45) is 6.51. The van der Waals surface area contributed by atoms with Crippen LogP contribution in [0.15, 0.2) is 48.8 Å². The second-order valence-corrected chi connectivity index (χ2v) is 5.64. The molecule has 1 saturated heterocycles. The summed E-state index contributed by atoms with van der Waals surface area (Å²) < 4.78 is 1.71. The molecule has 2 heterocycles. The van der Waals surface area contributed by atoms with Crippen LogP contribution in [0, 0.1) is 0 Å². The first-order chi connectivity index (χ1) is 12.1. The van der Waals surface area contributed by atoms with Gasteiger partial charge in [0.25, 0.3) is 0 Å². The number of nitrogens with one attached hydrogen (secondary N) is 1. The maximum absolute atomic E-state index is 12.4. The van der Waals surface area contributed by atoms with Gasteiger partial charge in [-0.1, -0.05) is 18.2 Å². The Labute approximate surface area is 144 Å². The first-order valence-corrected chi connectivity index (χ1v) is 8.01. The summed E-state index contributed by atoms with van der Waals surface area (Å²) in [6.45, 7) is 2.12. The van der Waals surface area contributed by atoms with Crippen LogP contribution in [0.2, 0.25) is 0 Å². The van der Waals surface area contributed by atoms with E-state index in [4.69, 9.17) is 0 Å². The fraction of sp³-hybridized carbons (Fsp3) is 0.222. The van der Waals surface area contributed by atoms with Gasteiger partial charge in [0.15, 0.2) is 0 Å². The lowest BCUT2D eigenvalue weighted by Crippen LogP contribution is -2.43. The van der Waals surface area contributed by atoms with Crippen molar-refractivity contribution in [3.63, 3.8) is 0 Å². The Bertz CT molecular complexity index is 826. The van der Waals surface area contributed by atoms with Crippen molar-refractivity contribution in [3.8, 4) is 5.69 Å². The molecule has 0 spiro atoms. The predicted molar refractivity (Wildman–Crippen MR) is 91.5 cm³/mol. The Morgan fingerprint density at radius 1 is 1.36 bits per heavy atom. The zero-order valence-corrected chi connectivity index (χ0v) is 13.8. The molecule has 1 aliphatic heterocycles. The van der Waals surface area contributed by atoms with Gasteiger partial charge in [0.1, 0.15) is 6.04 Å². The Morgan fingerprint density at radius 2 is 2.12 bits per heavy atom. The SMILES string of the molecule is CCN(C(=O)/C=C/c1cnn(-c2ccccc2)c1)C1CC(=O)NC1=O. The van der Waals surface area contributed by atoms with Crippen molar-refractivity contribution in [1.29, 1.82) is 0 Å². The Morgan fingerprint density at radius 3 is 2.76 bits per heavy atom. The van der Waals surface area contributed by atoms with Crippen molar-refractivity contribution >= 4 is 23.8 Å². The number of carbonyl (C=O) groups is 3. The number of aromatic nitrogens is 2. The van der Waals surface area contributed by atoms with E-state index in [1.165, 1.54) is 11.0 Å². The molecule has 1 fully saturated rings. The number of imide groups is 1. The first kappa shape index (κ1) is 16.6. The summed E-state index contributed by atoms with van der Waals surface area (Å²) in [4.78, 5) is 36.9. The maximum Gasteiger partial charge on any atom is 0.249 e. The highest BCUT2D eigenvalue weighted by Crippen LogP contribution is 2.13. The smallest absolute Gasteiger partial charge is 0.249 e. The van der Waals surface area contributed by atoms with Gasteiger partial charge in [0.05, 0.1) is 18.3 Å². The molecular weight excluding hydrogens is 320 g/mol. The van der Waals surface area contributed by atoms with Crippen molar-refractivity contribution in [2.45, 2.75) is 19.4 Å². The average molecular weight is 338 g/mol. The zero-order valence-electron chi connectivity index (χ0n) is 13.8. The molecule has 1 unspecified atom stereocenters. The van der Waals surface area contributed by atoms with E-state index in [0.29, 0.717) is 6.54 Å². The molecule has 0 bridgehead atoms. The molecule has 1 aromatic heterocycles. The lowest BCUT2D eigenvalue weighted by Gasteiger charge is -2.23. The number of benzene rings is 1. The number of para-hydroxylation sites is 1. The number of amides is 3. The predicted octanol–water partition coefficient (Wildman–Crippen LogP) is 1.15. The second-order valence-electron chi connectivity index (χ2n) is 5.64. The van der Waals surface area contributed by atoms with Crippen LogP contribution >= 0.6 is 0 Å². The van der Waals surface area contributed by atoms with Gasteiger partial charge in [0, 0.05) is 24.4 Å². The Kier molecular flexibility index (Phi) is 4.74. The minimum absolute atomic E-state index is 0.0121. The van der Waals surface area contributed by atoms with E-state index in [2.05, 4.69) is 10.4 Å². The number of hydrogen-bond acceptors (Lipinski definition) is 4. The van der Waals surface area contributed by atoms with Crippen molar-refractivity contribution in [3.05, 3.63) is 54.4 Å². The number of nitrogens with zero attached hydrogens (tertiary/aromatic N) is 3. The number of likely N-dealkylation sites (N-methyl/N-ethyl adjacent to an activating group) is 1. The molecule has 7 heteroatoms. The summed E-state index contributed by atoms with van der Waals surface area (Å²) >= 11 is 0. The molecule has 1 atom stereocenters. The van der Waals surface area contributed by atoms with Gasteiger partial charge in [-0.25, -0.2) is 4.68 Å². The maximum atomic E-state index is 12.4. The molecule has 3 rings (SSSR count). The van der Waals surface area contributed by atoms with Crippen LogP contribution in [-0.4, -0.2) is 45.0 Å². The van der Waals surface area contributed by atoms with Gasteiger partial charge >= 0.3 is 0 Å². The molecule has 3 amide bonds. The molecule has 0 aliphatic carbocycles. The average Bonchev–Trinajstić information content (AvgIpc) is 3.21. The van der Waals surface area contributed by atoms with Gasteiger partial charge in [-0.05, 0) is 25.1 Å². The highest BCUT2D eigenvalue weighted by atomic mass is 16.2. The van der Waals surface area contributed by atoms with Gasteiger partial charge < -0.3 is 4.90 Å². The fourth-order valence-electron chi connectivity index (χ4n) is 2.73. The number of rotatable bonds is 5. The summed E-state index contributed by atoms with van der Waals surface area (Å²) in [5.41, 5.74) is 1.69. The monoisotopic (exact) mass is 338 g/mol. The minimum atomic E-state index is -0.735. The van der Waals surface area contributed by atoms with Crippen LogP contribution in [0.25, 0.3) is 11.8 Å². The van der Waals surface area contributed by atoms with E-state index in [1.54, 1.807) is 30.1 Å². The van der Waals surface area contributed by atoms with E-state index in [0.717, 1.165) is 11.3 Å². The molecule has 0 saturated carbocycles. The van der Waals surface area contributed by atoms with E-state index < -0.39 is 11.9 Å². The quantitative estimate of drug-likeness (QED) is 0.655. The Hall–Kier alpha value is -3.22. The van der Waals surface area contributed by atoms with Crippen molar-refractivity contribution < 1.29 is 14.4 Å².